The summed E-state index contributed by atoms with van der Waals surface area (Å²) in [5.74, 6) is 4.54. The SMILES string of the molecule is COc1cc(C)c([Si](c2c(C)cc(OC)cc2OC)(c2c(C)cc(OC)cc2OC)C2(C)C(C)=C(C)C(C)=[C]2[Ti+3])c(OC)c1.[Cl-].[Cl-].[Cl-]. The maximum atomic E-state index is 6.35. The Balaban J connectivity index is 0.00000368. The van der Waals surface area contributed by atoms with Crippen molar-refractivity contribution in [2.24, 2.45) is 0 Å². The van der Waals surface area contributed by atoms with Gasteiger partial charge in [0.2, 0.25) is 0 Å². The number of aryl methyl sites for hydroxylation is 3. The van der Waals surface area contributed by atoms with Crippen LogP contribution in [-0.2, 0) is 20.4 Å². The molecule has 0 saturated carbocycles. The minimum absolute atomic E-state index is 0. The number of methoxy groups -OCH3 is 6. The number of benzene rings is 3. The van der Waals surface area contributed by atoms with Crippen molar-refractivity contribution in [2.75, 3.05) is 42.7 Å². The second-order valence-corrected chi connectivity index (χ2v) is 16.5. The molecule has 0 bridgehead atoms. The largest absolute Gasteiger partial charge is 1.00 e. The third-order valence-corrected chi connectivity index (χ3v) is 17.9. The van der Waals surface area contributed by atoms with Crippen molar-refractivity contribution in [3.63, 3.8) is 0 Å². The molecule has 47 heavy (non-hydrogen) atoms. The Bertz CT molecular complexity index is 1510. The van der Waals surface area contributed by atoms with E-state index in [0.29, 0.717) is 0 Å². The summed E-state index contributed by atoms with van der Waals surface area (Å²) in [6.45, 7) is 15.7. The number of rotatable bonds is 10. The van der Waals surface area contributed by atoms with Gasteiger partial charge >= 0.3 is 277 Å². The zero-order valence-electron chi connectivity index (χ0n) is 29.5. The number of hydrogen-bond acceptors (Lipinski definition) is 6. The van der Waals surface area contributed by atoms with E-state index in [-0.39, 0.29) is 37.2 Å². The van der Waals surface area contributed by atoms with Gasteiger partial charge in [-0.25, -0.2) is 0 Å². The first-order valence-corrected chi connectivity index (χ1v) is 17.4. The Labute approximate surface area is 312 Å². The van der Waals surface area contributed by atoms with Crippen LogP contribution in [-0.4, -0.2) is 50.7 Å². The van der Waals surface area contributed by atoms with Crippen LogP contribution in [0, 0.1) is 20.8 Å². The van der Waals surface area contributed by atoms with Gasteiger partial charge in [-0.15, -0.1) is 0 Å². The molecule has 4 rings (SSSR count). The smallest absolute Gasteiger partial charge is 1.00 e. The van der Waals surface area contributed by atoms with E-state index in [1.54, 1.807) is 42.7 Å². The summed E-state index contributed by atoms with van der Waals surface area (Å²) in [5, 5.41) is 2.96. The maximum absolute atomic E-state index is 6.35. The Hall–Kier alpha value is -2.26. The Morgan fingerprint density at radius 1 is 0.489 bits per heavy atom. The summed E-state index contributed by atoms with van der Waals surface area (Å²) < 4.78 is 37.7. The molecule has 254 valence electrons. The van der Waals surface area contributed by atoms with Gasteiger partial charge in [-0.3, -0.25) is 0 Å². The summed E-state index contributed by atoms with van der Waals surface area (Å²) in [7, 11) is 6.88. The molecule has 1 atom stereocenters. The van der Waals surface area contributed by atoms with Crippen molar-refractivity contribution in [2.45, 2.75) is 53.5 Å². The standard InChI is InChI=1S/C36H45O6Si.3ClH.Ti/c1-21-14-27(37-8)17-30(40-11)33(21)43(36(7)20-24(4)25(5)26(36)6,34-22(2)15-28(38-9)18-31(34)41-12)35-23(3)16-29(39-10)19-32(35)42-13;;;;/h14-19H,1-13H3;3*1H;/q;;;;+3/p-3. The number of hydrogen-bond donors (Lipinski definition) is 0. The van der Waals surface area contributed by atoms with E-state index >= 15 is 0 Å². The van der Waals surface area contributed by atoms with E-state index in [2.05, 4.69) is 87.1 Å². The zero-order valence-corrected chi connectivity index (χ0v) is 34.4. The van der Waals surface area contributed by atoms with Crippen molar-refractivity contribution >= 4 is 23.6 Å². The minimum Gasteiger partial charge on any atom is -1.00 e. The van der Waals surface area contributed by atoms with Crippen LogP contribution >= 0.6 is 0 Å². The van der Waals surface area contributed by atoms with Crippen LogP contribution < -0.4 is 81.2 Å². The molecule has 1 aliphatic rings. The average molecular weight is 756 g/mol. The molecule has 3 aromatic carbocycles. The Morgan fingerprint density at radius 3 is 1.00 bits per heavy atom. The summed E-state index contributed by atoms with van der Waals surface area (Å²) in [6, 6.07) is 12.4. The molecule has 0 aliphatic heterocycles. The van der Waals surface area contributed by atoms with Crippen molar-refractivity contribution in [1.82, 2.24) is 0 Å². The number of halogens is 3. The minimum atomic E-state index is -3.42. The van der Waals surface area contributed by atoms with E-state index < -0.39 is 13.1 Å². The average Bonchev–Trinajstić information content (AvgIpc) is 3.17. The fourth-order valence-electron chi connectivity index (χ4n) is 7.45. The van der Waals surface area contributed by atoms with E-state index in [4.69, 9.17) is 28.4 Å². The van der Waals surface area contributed by atoms with E-state index in [0.717, 1.165) is 66.7 Å². The second-order valence-electron chi connectivity index (χ2n) is 11.7. The third kappa shape index (κ3) is 6.45. The Kier molecular flexibility index (Phi) is 14.9. The Morgan fingerprint density at radius 2 is 0.787 bits per heavy atom. The molecule has 1 aliphatic carbocycles. The predicted molar refractivity (Wildman–Crippen MR) is 177 cm³/mol. The van der Waals surface area contributed by atoms with Crippen LogP contribution in [0.4, 0.5) is 0 Å². The predicted octanol–water partition coefficient (Wildman–Crippen LogP) is -2.92. The number of ether oxygens (including phenoxy) is 6. The van der Waals surface area contributed by atoms with Crippen LogP contribution in [0.25, 0.3) is 0 Å². The first-order valence-electron chi connectivity index (χ1n) is 14.6. The van der Waals surface area contributed by atoms with Gasteiger partial charge in [0.1, 0.15) is 0 Å². The van der Waals surface area contributed by atoms with Crippen LogP contribution in [0.3, 0.4) is 0 Å². The molecule has 0 saturated heterocycles. The summed E-state index contributed by atoms with van der Waals surface area (Å²) in [5.41, 5.74) is 7.17. The topological polar surface area (TPSA) is 55.4 Å². The fraction of sp³-hybridized carbons (Fsp3) is 0.389. The molecule has 1 unspecified atom stereocenters. The molecule has 6 nitrogen and oxygen atoms in total. The van der Waals surface area contributed by atoms with Gasteiger partial charge in [0, 0.05) is 0 Å². The number of allylic oxidation sites excluding steroid dienone is 4. The van der Waals surface area contributed by atoms with Gasteiger partial charge in [-0.05, 0) is 0 Å². The summed E-state index contributed by atoms with van der Waals surface area (Å²) >= 11 is 2.29. The molecule has 0 radical (unpaired) electrons. The monoisotopic (exact) mass is 754 g/mol. The van der Waals surface area contributed by atoms with Crippen molar-refractivity contribution in [3.8, 4) is 34.5 Å². The molecule has 11 heteroatoms. The van der Waals surface area contributed by atoms with Gasteiger partial charge in [0.05, 0.1) is 0 Å². The van der Waals surface area contributed by atoms with Crippen molar-refractivity contribution in [3.05, 3.63) is 73.7 Å². The molecule has 0 aromatic heterocycles. The first kappa shape index (κ1) is 42.8. The van der Waals surface area contributed by atoms with Gasteiger partial charge < -0.3 is 37.2 Å². The molecule has 0 fully saturated rings. The van der Waals surface area contributed by atoms with E-state index in [9.17, 15) is 0 Å². The van der Waals surface area contributed by atoms with Crippen molar-refractivity contribution < 1.29 is 86.1 Å². The molecule has 0 amide bonds. The zero-order chi connectivity index (χ0) is 32.7. The molecule has 3 aromatic rings. The molecule has 0 heterocycles. The van der Waals surface area contributed by atoms with Gasteiger partial charge in [-0.2, -0.15) is 0 Å². The molecular weight excluding hydrogens is 711 g/mol. The fourth-order valence-corrected chi connectivity index (χ4v) is 16.1. The second kappa shape index (κ2) is 16.4. The van der Waals surface area contributed by atoms with Gasteiger partial charge in [0.15, 0.2) is 0 Å². The third-order valence-electron chi connectivity index (χ3n) is 9.81. The normalized spacial score (nSPS) is 15.7. The molecular formula is C36H45Cl3O6SiTi. The van der Waals surface area contributed by atoms with Crippen LogP contribution in [0.1, 0.15) is 44.4 Å². The van der Waals surface area contributed by atoms with Crippen LogP contribution in [0.15, 0.2) is 57.0 Å². The molecule has 0 spiro atoms. The first-order chi connectivity index (χ1) is 20.8. The van der Waals surface area contributed by atoms with Crippen molar-refractivity contribution in [1.29, 1.82) is 0 Å². The van der Waals surface area contributed by atoms with E-state index in [1.165, 1.54) is 20.6 Å². The van der Waals surface area contributed by atoms with Gasteiger partial charge in [-0.1, -0.05) is 0 Å². The van der Waals surface area contributed by atoms with Crippen LogP contribution in [0.2, 0.25) is 5.04 Å². The van der Waals surface area contributed by atoms with Crippen LogP contribution in [0.5, 0.6) is 34.5 Å². The van der Waals surface area contributed by atoms with E-state index in [1.807, 2.05) is 18.2 Å². The molecule has 0 N–H and O–H groups in total. The summed E-state index contributed by atoms with van der Waals surface area (Å²) in [4.78, 5) is 0. The quantitative estimate of drug-likeness (QED) is 0.164. The summed E-state index contributed by atoms with van der Waals surface area (Å²) in [6.07, 6.45) is 0. The van der Waals surface area contributed by atoms with Gasteiger partial charge in [0.25, 0.3) is 0 Å². The maximum Gasteiger partial charge on any atom is -1.00 e.